The van der Waals surface area contributed by atoms with Crippen molar-refractivity contribution in [3.8, 4) is 11.4 Å². The number of imidazole rings is 1. The van der Waals surface area contributed by atoms with Gasteiger partial charge in [-0.2, -0.15) is 13.2 Å². The van der Waals surface area contributed by atoms with Gasteiger partial charge in [-0.15, -0.1) is 0 Å². The molecular weight excluding hydrogens is 459 g/mol. The van der Waals surface area contributed by atoms with Gasteiger partial charge in [-0.1, -0.05) is 42.5 Å². The van der Waals surface area contributed by atoms with E-state index in [1.807, 2.05) is 41.8 Å². The molecule has 2 heterocycles. The minimum Gasteiger partial charge on any atom is -0.475 e. The molecule has 1 aliphatic carbocycles. The Labute approximate surface area is 198 Å². The van der Waals surface area contributed by atoms with Crippen LogP contribution in [0.25, 0.3) is 22.6 Å². The number of alkyl halides is 3. The van der Waals surface area contributed by atoms with Crippen molar-refractivity contribution in [1.82, 2.24) is 19.5 Å². The molecule has 0 aliphatic heterocycles. The third-order valence-corrected chi connectivity index (χ3v) is 6.14. The highest BCUT2D eigenvalue weighted by atomic mass is 19.4. The van der Waals surface area contributed by atoms with Crippen LogP contribution in [0, 0.1) is 5.92 Å². The number of carbonyl (C=O) groups is 1. The lowest BCUT2D eigenvalue weighted by Crippen LogP contribution is -2.20. The van der Waals surface area contributed by atoms with Gasteiger partial charge in [0.15, 0.2) is 11.5 Å². The van der Waals surface area contributed by atoms with Crippen molar-refractivity contribution in [2.75, 3.05) is 5.32 Å². The molecule has 180 valence electrons. The molecule has 5 rings (SSSR count). The summed E-state index contributed by atoms with van der Waals surface area (Å²) in [4.78, 5) is 24.8. The summed E-state index contributed by atoms with van der Waals surface area (Å²) in [5.41, 5.74) is 1.36. The summed E-state index contributed by atoms with van der Waals surface area (Å²) >= 11 is 0. The first kappa shape index (κ1) is 22.8. The van der Waals surface area contributed by atoms with E-state index in [2.05, 4.69) is 20.3 Å². The number of halogens is 3. The number of nitrogens with zero attached hydrogens (tertiary/aromatic N) is 4. The van der Waals surface area contributed by atoms with Crippen LogP contribution in [0.5, 0.6) is 0 Å². The van der Waals surface area contributed by atoms with Crippen molar-refractivity contribution in [3.63, 3.8) is 0 Å². The molecule has 0 saturated heterocycles. The molecule has 2 aromatic heterocycles. The van der Waals surface area contributed by atoms with Gasteiger partial charge >= 0.3 is 12.1 Å². The molecule has 1 fully saturated rings. The summed E-state index contributed by atoms with van der Waals surface area (Å²) in [6.07, 6.45) is -2.27. The summed E-state index contributed by atoms with van der Waals surface area (Å²) < 4.78 is 41.0. The Kier molecular flexibility index (Phi) is 5.66. The smallest absolute Gasteiger partial charge is 0.416 e. The number of benzene rings is 2. The van der Waals surface area contributed by atoms with E-state index in [0.717, 1.165) is 30.5 Å². The Morgan fingerprint density at radius 1 is 1.09 bits per heavy atom. The fraction of sp³-hybridized carbons (Fsp3) is 0.280. The molecular formula is C25H22F3N5O2. The molecule has 0 spiro atoms. The van der Waals surface area contributed by atoms with Crippen LogP contribution in [-0.2, 0) is 12.7 Å². The lowest BCUT2D eigenvalue weighted by molar-refractivity contribution is -0.137. The maximum Gasteiger partial charge on any atom is 0.416 e. The number of nitrogens with one attached hydrogen (secondary N) is 1. The zero-order chi connectivity index (χ0) is 24.7. The number of aromatic nitrogens is 4. The highest BCUT2D eigenvalue weighted by molar-refractivity contribution is 5.92. The number of aromatic carboxylic acids is 1. The topological polar surface area (TPSA) is 92.9 Å². The molecule has 10 heteroatoms. The Hall–Kier alpha value is -3.95. The van der Waals surface area contributed by atoms with E-state index in [4.69, 9.17) is 0 Å². The Bertz CT molecular complexity index is 1380. The second kappa shape index (κ2) is 8.68. The molecule has 0 bridgehead atoms. The van der Waals surface area contributed by atoms with Crippen LogP contribution in [0.2, 0.25) is 0 Å². The first-order valence-electron chi connectivity index (χ1n) is 11.2. The predicted octanol–water partition coefficient (Wildman–Crippen LogP) is 5.47. The number of rotatable bonds is 7. The SMILES string of the molecule is C[C@@H](Nc1nc(C(=O)O)nc2nc(-c3ccccc3)n(Cc3ccc(C(F)(F)F)cc3)c12)C1CC1. The molecule has 2 aromatic carbocycles. The molecule has 7 nitrogen and oxygen atoms in total. The minimum absolute atomic E-state index is 0.0596. The van der Waals surface area contributed by atoms with Crippen molar-refractivity contribution in [1.29, 1.82) is 0 Å². The average molecular weight is 481 g/mol. The van der Waals surface area contributed by atoms with E-state index in [1.54, 1.807) is 0 Å². The molecule has 1 saturated carbocycles. The molecule has 0 unspecified atom stereocenters. The first-order valence-corrected chi connectivity index (χ1v) is 11.2. The van der Waals surface area contributed by atoms with Crippen molar-refractivity contribution >= 4 is 23.0 Å². The van der Waals surface area contributed by atoms with Crippen molar-refractivity contribution < 1.29 is 23.1 Å². The lowest BCUT2D eigenvalue weighted by atomic mass is 10.1. The maximum absolute atomic E-state index is 13.1. The van der Waals surface area contributed by atoms with Crippen molar-refractivity contribution in [2.45, 2.75) is 38.5 Å². The highest BCUT2D eigenvalue weighted by Crippen LogP contribution is 2.36. The molecule has 0 radical (unpaired) electrons. The molecule has 35 heavy (non-hydrogen) atoms. The first-order chi connectivity index (χ1) is 16.7. The van der Waals surface area contributed by atoms with Crippen LogP contribution in [0.3, 0.4) is 0 Å². The van der Waals surface area contributed by atoms with Crippen LogP contribution < -0.4 is 5.32 Å². The van der Waals surface area contributed by atoms with Gasteiger partial charge in [0.05, 0.1) is 5.56 Å². The maximum atomic E-state index is 13.1. The van der Waals surface area contributed by atoms with Gasteiger partial charge in [0.2, 0.25) is 5.82 Å². The van der Waals surface area contributed by atoms with Crippen molar-refractivity contribution in [3.05, 3.63) is 71.5 Å². The monoisotopic (exact) mass is 481 g/mol. The number of anilines is 1. The number of carboxylic acid groups (broad SMARTS) is 1. The van der Waals surface area contributed by atoms with Gasteiger partial charge in [0.1, 0.15) is 11.3 Å². The fourth-order valence-corrected chi connectivity index (χ4v) is 4.11. The summed E-state index contributed by atoms with van der Waals surface area (Å²) in [6, 6.07) is 14.3. The molecule has 2 N–H and O–H groups in total. The number of hydrogen-bond acceptors (Lipinski definition) is 5. The van der Waals surface area contributed by atoms with Gasteiger partial charge in [0, 0.05) is 18.2 Å². The van der Waals surface area contributed by atoms with E-state index in [9.17, 15) is 23.1 Å². The van der Waals surface area contributed by atoms with Crippen LogP contribution in [0.1, 0.15) is 41.5 Å². The Morgan fingerprint density at radius 3 is 2.37 bits per heavy atom. The Balaban J connectivity index is 1.67. The Morgan fingerprint density at radius 2 is 1.77 bits per heavy atom. The zero-order valence-electron chi connectivity index (χ0n) is 18.8. The summed E-state index contributed by atoms with van der Waals surface area (Å²) in [5.74, 6) is -0.324. The largest absolute Gasteiger partial charge is 0.475 e. The average Bonchev–Trinajstić information content (AvgIpc) is 3.62. The molecule has 1 aliphatic rings. The minimum atomic E-state index is -4.42. The van der Waals surface area contributed by atoms with Crippen molar-refractivity contribution in [2.24, 2.45) is 5.92 Å². The van der Waals surface area contributed by atoms with Gasteiger partial charge in [-0.3, -0.25) is 0 Å². The quantitative estimate of drug-likeness (QED) is 0.364. The van der Waals surface area contributed by atoms with E-state index in [-0.39, 0.29) is 24.1 Å². The number of carboxylic acids is 1. The van der Waals surface area contributed by atoms with Gasteiger partial charge in [-0.25, -0.2) is 19.7 Å². The van der Waals surface area contributed by atoms with E-state index in [0.29, 0.717) is 28.6 Å². The van der Waals surface area contributed by atoms with E-state index >= 15 is 0 Å². The summed E-state index contributed by atoms with van der Waals surface area (Å²) in [6.45, 7) is 2.21. The highest BCUT2D eigenvalue weighted by Gasteiger charge is 2.31. The third kappa shape index (κ3) is 4.68. The lowest BCUT2D eigenvalue weighted by Gasteiger charge is -2.17. The van der Waals surface area contributed by atoms with Gasteiger partial charge in [0.25, 0.3) is 0 Å². The number of hydrogen-bond donors (Lipinski definition) is 2. The molecule has 0 amide bonds. The third-order valence-electron chi connectivity index (χ3n) is 6.14. The summed E-state index contributed by atoms with van der Waals surface area (Å²) in [5, 5.41) is 12.9. The molecule has 1 atom stereocenters. The van der Waals surface area contributed by atoms with Crippen LogP contribution in [-0.4, -0.2) is 36.6 Å². The predicted molar refractivity (Wildman–Crippen MR) is 124 cm³/mol. The summed E-state index contributed by atoms with van der Waals surface area (Å²) in [7, 11) is 0. The fourth-order valence-electron chi connectivity index (χ4n) is 4.11. The zero-order valence-corrected chi connectivity index (χ0v) is 18.8. The standard InChI is InChI=1S/C25H22F3N5O2/c1-14(16-9-10-16)29-20-19-21(31-22(30-20)24(34)35)32-23(17-5-3-2-4-6-17)33(19)13-15-7-11-18(12-8-15)25(26,27)28/h2-8,11-12,14,16H,9-10,13H2,1H3,(H,34,35)(H,29,30,31)/t14-/m1/s1. The normalized spacial score (nSPS) is 14.7. The van der Waals surface area contributed by atoms with Crippen LogP contribution in [0.15, 0.2) is 54.6 Å². The molecule has 4 aromatic rings. The van der Waals surface area contributed by atoms with E-state index in [1.165, 1.54) is 12.1 Å². The second-order valence-corrected chi connectivity index (χ2v) is 8.73. The van der Waals surface area contributed by atoms with Crippen LogP contribution in [0.4, 0.5) is 19.0 Å². The van der Waals surface area contributed by atoms with Crippen LogP contribution >= 0.6 is 0 Å². The second-order valence-electron chi connectivity index (χ2n) is 8.73. The van der Waals surface area contributed by atoms with Gasteiger partial charge < -0.3 is 15.0 Å². The number of fused-ring (bicyclic) bond motifs is 1. The van der Waals surface area contributed by atoms with E-state index < -0.39 is 17.7 Å². The van der Waals surface area contributed by atoms with Gasteiger partial charge in [-0.05, 0) is 43.4 Å².